The average molecular weight is 337 g/mol. The number of rotatable bonds is 8. The molecule has 134 valence electrons. The van der Waals surface area contributed by atoms with Gasteiger partial charge >= 0.3 is 12.1 Å². The number of hydrogen-bond acceptors (Lipinski definition) is 5. The van der Waals surface area contributed by atoms with E-state index < -0.39 is 11.7 Å². The molecule has 6 heteroatoms. The molecule has 0 aliphatic carbocycles. The number of nitrogens with one attached hydrogen (secondary N) is 1. The zero-order valence-corrected chi connectivity index (χ0v) is 14.8. The minimum atomic E-state index is -0.537. The molecular formula is C18H27NO5. The molecule has 1 unspecified atom stereocenters. The summed E-state index contributed by atoms with van der Waals surface area (Å²) >= 11 is 0. The fourth-order valence-corrected chi connectivity index (χ4v) is 2.01. The van der Waals surface area contributed by atoms with Crippen LogP contribution in [0.1, 0.15) is 39.2 Å². The maximum absolute atomic E-state index is 11.9. The van der Waals surface area contributed by atoms with Crippen LogP contribution in [0.3, 0.4) is 0 Å². The first-order valence-corrected chi connectivity index (χ1v) is 7.98. The second kappa shape index (κ2) is 9.93. The third kappa shape index (κ3) is 9.15. The summed E-state index contributed by atoms with van der Waals surface area (Å²) in [5, 5.41) is 2.71. The van der Waals surface area contributed by atoms with E-state index in [1.165, 1.54) is 7.11 Å². The molecule has 0 spiro atoms. The molecule has 0 fully saturated rings. The Morgan fingerprint density at radius 2 is 1.83 bits per heavy atom. The summed E-state index contributed by atoms with van der Waals surface area (Å²) < 4.78 is 15.5. The van der Waals surface area contributed by atoms with Gasteiger partial charge in [-0.3, -0.25) is 4.79 Å². The summed E-state index contributed by atoms with van der Waals surface area (Å²) in [7, 11) is 1.54. The third-order valence-corrected chi connectivity index (χ3v) is 3.02. The number of benzene rings is 1. The quantitative estimate of drug-likeness (QED) is 0.738. The SMILES string of the molecule is COCC(CCC(=O)OC(C)(C)C)NC(=O)OCc1ccccc1. The molecule has 6 nitrogen and oxygen atoms in total. The Hall–Kier alpha value is -2.08. The summed E-state index contributed by atoms with van der Waals surface area (Å²) in [5.74, 6) is -0.303. The van der Waals surface area contributed by atoms with Gasteiger partial charge in [-0.1, -0.05) is 30.3 Å². The largest absolute Gasteiger partial charge is 0.460 e. The van der Waals surface area contributed by atoms with E-state index in [0.717, 1.165) is 5.56 Å². The van der Waals surface area contributed by atoms with Crippen LogP contribution in [0, 0.1) is 0 Å². The van der Waals surface area contributed by atoms with Gasteiger partial charge in [0.1, 0.15) is 12.2 Å². The summed E-state index contributed by atoms with van der Waals surface area (Å²) in [6, 6.07) is 9.10. The number of methoxy groups -OCH3 is 1. The van der Waals surface area contributed by atoms with Gasteiger partial charge in [0.05, 0.1) is 12.6 Å². The summed E-state index contributed by atoms with van der Waals surface area (Å²) in [6.45, 7) is 5.94. The lowest BCUT2D eigenvalue weighted by atomic mass is 10.1. The number of esters is 1. The number of ether oxygens (including phenoxy) is 3. The molecule has 0 aromatic heterocycles. The van der Waals surface area contributed by atoms with Crippen molar-refractivity contribution in [3.05, 3.63) is 35.9 Å². The van der Waals surface area contributed by atoms with E-state index in [1.54, 1.807) is 0 Å². The van der Waals surface area contributed by atoms with Crippen molar-refractivity contribution in [1.82, 2.24) is 5.32 Å². The van der Waals surface area contributed by atoms with Crippen LogP contribution in [0.25, 0.3) is 0 Å². The van der Waals surface area contributed by atoms with Crippen molar-refractivity contribution >= 4 is 12.1 Å². The molecule has 0 saturated heterocycles. The molecule has 1 atom stereocenters. The van der Waals surface area contributed by atoms with Crippen molar-refractivity contribution in [3.63, 3.8) is 0 Å². The van der Waals surface area contributed by atoms with Crippen molar-refractivity contribution in [2.45, 2.75) is 51.9 Å². The molecule has 0 bridgehead atoms. The minimum absolute atomic E-state index is 0.193. The molecule has 0 aliphatic heterocycles. The molecule has 24 heavy (non-hydrogen) atoms. The Balaban J connectivity index is 2.38. The van der Waals surface area contributed by atoms with Crippen LogP contribution in [0.5, 0.6) is 0 Å². The molecule has 0 aliphatic rings. The standard InChI is InChI=1S/C18H27NO5/c1-18(2,3)24-16(20)11-10-15(13-22-4)19-17(21)23-12-14-8-6-5-7-9-14/h5-9,15H,10-13H2,1-4H3,(H,19,21). The molecule has 0 radical (unpaired) electrons. The van der Waals surface area contributed by atoms with E-state index in [-0.39, 0.29) is 25.0 Å². The molecule has 1 rings (SSSR count). The van der Waals surface area contributed by atoms with Gasteiger partial charge in [-0.05, 0) is 32.8 Å². The van der Waals surface area contributed by atoms with Gasteiger partial charge in [-0.15, -0.1) is 0 Å². The van der Waals surface area contributed by atoms with Crippen LogP contribution < -0.4 is 5.32 Å². The maximum atomic E-state index is 11.9. The first kappa shape index (κ1) is 20.0. The van der Waals surface area contributed by atoms with E-state index in [9.17, 15) is 9.59 Å². The minimum Gasteiger partial charge on any atom is -0.460 e. The highest BCUT2D eigenvalue weighted by molar-refractivity contribution is 5.70. The van der Waals surface area contributed by atoms with Crippen LogP contribution in [-0.4, -0.2) is 37.4 Å². The van der Waals surface area contributed by atoms with Crippen LogP contribution in [0.4, 0.5) is 4.79 Å². The van der Waals surface area contributed by atoms with E-state index >= 15 is 0 Å². The van der Waals surface area contributed by atoms with Crippen molar-refractivity contribution in [2.24, 2.45) is 0 Å². The van der Waals surface area contributed by atoms with Crippen LogP contribution in [-0.2, 0) is 25.6 Å². The summed E-state index contributed by atoms with van der Waals surface area (Å²) in [4.78, 5) is 23.6. The van der Waals surface area contributed by atoms with Crippen molar-refractivity contribution < 1.29 is 23.8 Å². The predicted octanol–water partition coefficient (Wildman–Crippen LogP) is 3.05. The fourth-order valence-electron chi connectivity index (χ4n) is 2.01. The Morgan fingerprint density at radius 1 is 1.17 bits per heavy atom. The molecule has 1 N–H and O–H groups in total. The zero-order valence-electron chi connectivity index (χ0n) is 14.8. The Labute approximate surface area is 143 Å². The second-order valence-corrected chi connectivity index (χ2v) is 6.48. The summed E-state index contributed by atoms with van der Waals surface area (Å²) in [6.07, 6.45) is 0.0816. The van der Waals surface area contributed by atoms with Gasteiger partial charge in [-0.25, -0.2) is 4.79 Å². The molecule has 0 saturated carbocycles. The highest BCUT2D eigenvalue weighted by atomic mass is 16.6. The van der Waals surface area contributed by atoms with Gasteiger partial charge in [0.15, 0.2) is 0 Å². The Morgan fingerprint density at radius 3 is 2.42 bits per heavy atom. The zero-order chi connectivity index (χ0) is 18.0. The lowest BCUT2D eigenvalue weighted by Gasteiger charge is -2.21. The number of carbonyl (C=O) groups is 2. The molecule has 0 heterocycles. The fraction of sp³-hybridized carbons (Fsp3) is 0.556. The van der Waals surface area contributed by atoms with Crippen LogP contribution in [0.2, 0.25) is 0 Å². The summed E-state index contributed by atoms with van der Waals surface area (Å²) in [5.41, 5.74) is 0.389. The molecular weight excluding hydrogens is 310 g/mol. The lowest BCUT2D eigenvalue weighted by Crippen LogP contribution is -2.39. The number of hydrogen-bond donors (Lipinski definition) is 1. The van der Waals surface area contributed by atoms with Crippen molar-refractivity contribution in [1.29, 1.82) is 0 Å². The first-order chi connectivity index (χ1) is 11.3. The molecule has 1 aromatic carbocycles. The number of amides is 1. The van der Waals surface area contributed by atoms with Crippen LogP contribution in [0.15, 0.2) is 30.3 Å². The average Bonchev–Trinajstić information content (AvgIpc) is 2.50. The second-order valence-electron chi connectivity index (χ2n) is 6.48. The van der Waals surface area contributed by atoms with Gasteiger partial charge in [0, 0.05) is 13.5 Å². The van der Waals surface area contributed by atoms with Crippen molar-refractivity contribution in [3.8, 4) is 0 Å². The van der Waals surface area contributed by atoms with E-state index in [1.807, 2.05) is 51.1 Å². The van der Waals surface area contributed by atoms with Gasteiger partial charge in [0.2, 0.25) is 0 Å². The Bertz CT molecular complexity index is 510. The van der Waals surface area contributed by atoms with Crippen molar-refractivity contribution in [2.75, 3.05) is 13.7 Å². The highest BCUT2D eigenvalue weighted by Gasteiger charge is 2.19. The third-order valence-electron chi connectivity index (χ3n) is 3.02. The normalized spacial score (nSPS) is 12.3. The maximum Gasteiger partial charge on any atom is 0.407 e. The molecule has 1 amide bonds. The smallest absolute Gasteiger partial charge is 0.407 e. The predicted molar refractivity (Wildman–Crippen MR) is 90.5 cm³/mol. The van der Waals surface area contributed by atoms with E-state index in [0.29, 0.717) is 13.0 Å². The molecule has 1 aromatic rings. The van der Waals surface area contributed by atoms with Gasteiger partial charge in [0.25, 0.3) is 0 Å². The number of carbonyl (C=O) groups excluding carboxylic acids is 2. The monoisotopic (exact) mass is 337 g/mol. The van der Waals surface area contributed by atoms with E-state index in [2.05, 4.69) is 5.32 Å². The van der Waals surface area contributed by atoms with Gasteiger partial charge in [-0.2, -0.15) is 0 Å². The van der Waals surface area contributed by atoms with Gasteiger partial charge < -0.3 is 19.5 Å². The highest BCUT2D eigenvalue weighted by Crippen LogP contribution is 2.10. The number of alkyl carbamates (subject to hydrolysis) is 1. The van der Waals surface area contributed by atoms with E-state index in [4.69, 9.17) is 14.2 Å². The van der Waals surface area contributed by atoms with Crippen LogP contribution >= 0.6 is 0 Å². The Kier molecular flexibility index (Phi) is 8.26. The topological polar surface area (TPSA) is 73.9 Å². The lowest BCUT2D eigenvalue weighted by molar-refractivity contribution is -0.155. The first-order valence-electron chi connectivity index (χ1n) is 7.98.